The molecule has 0 fully saturated rings. The van der Waals surface area contributed by atoms with Crippen molar-refractivity contribution in [3.05, 3.63) is 24.3 Å². The minimum Gasteiger partial charge on any atom is -0.491 e. The Bertz CT molecular complexity index is 505. The third-order valence-electron chi connectivity index (χ3n) is 2.96. The monoisotopic (exact) mass is 280 g/mol. The molecular formula is C13H16N2O5. The average molecular weight is 280 g/mol. The lowest BCUT2D eigenvalue weighted by molar-refractivity contribution is -0.140. The number of ether oxygens (including phenoxy) is 1. The number of rotatable bonds is 3. The number of urea groups is 1. The Kier molecular flexibility index (Phi) is 4.41. The van der Waals surface area contributed by atoms with E-state index in [0.717, 1.165) is 0 Å². The van der Waals surface area contributed by atoms with Gasteiger partial charge in [0.2, 0.25) is 0 Å². The van der Waals surface area contributed by atoms with Crippen molar-refractivity contribution in [3.8, 4) is 5.75 Å². The fourth-order valence-electron chi connectivity index (χ4n) is 1.95. The summed E-state index contributed by atoms with van der Waals surface area (Å²) in [7, 11) is 0. The molecular weight excluding hydrogens is 264 g/mol. The van der Waals surface area contributed by atoms with Gasteiger partial charge in [0.05, 0.1) is 18.9 Å². The van der Waals surface area contributed by atoms with Crippen molar-refractivity contribution >= 4 is 17.7 Å². The number of carbonyl (C=O) groups is 2. The largest absolute Gasteiger partial charge is 0.491 e. The maximum absolute atomic E-state index is 12.2. The molecule has 1 aromatic rings. The standard InChI is InChI=1S/C13H16N2O5/c16-8-9(12(17)18)14-13(19)15-6-3-7-20-11-5-2-1-4-10(11)15/h1-2,4-5,9,16H,3,6-8H2,(H,14,19)(H,17,18)/t9-/m0/s1. The zero-order valence-corrected chi connectivity index (χ0v) is 10.8. The lowest BCUT2D eigenvalue weighted by Crippen LogP contribution is -2.49. The predicted molar refractivity (Wildman–Crippen MR) is 70.9 cm³/mol. The van der Waals surface area contributed by atoms with Crippen molar-refractivity contribution in [3.63, 3.8) is 0 Å². The number of carbonyl (C=O) groups excluding carboxylic acids is 1. The highest BCUT2D eigenvalue weighted by Crippen LogP contribution is 2.30. The van der Waals surface area contributed by atoms with Crippen LogP contribution in [0.2, 0.25) is 0 Å². The summed E-state index contributed by atoms with van der Waals surface area (Å²) < 4.78 is 5.52. The SMILES string of the molecule is O=C(O)[C@H](CO)NC(=O)N1CCCOc2ccccc21. The van der Waals surface area contributed by atoms with Crippen molar-refractivity contribution in [1.82, 2.24) is 5.32 Å². The maximum Gasteiger partial charge on any atom is 0.328 e. The van der Waals surface area contributed by atoms with E-state index >= 15 is 0 Å². The molecule has 7 nitrogen and oxygen atoms in total. The Morgan fingerprint density at radius 2 is 2.15 bits per heavy atom. The quantitative estimate of drug-likeness (QED) is 0.745. The second-order valence-electron chi connectivity index (χ2n) is 4.34. The van der Waals surface area contributed by atoms with Crippen LogP contribution in [0.3, 0.4) is 0 Å². The summed E-state index contributed by atoms with van der Waals surface area (Å²) in [5, 5.41) is 20.1. The zero-order chi connectivity index (χ0) is 14.5. The van der Waals surface area contributed by atoms with Gasteiger partial charge >= 0.3 is 12.0 Å². The first-order valence-electron chi connectivity index (χ1n) is 6.27. The molecule has 20 heavy (non-hydrogen) atoms. The highest BCUT2D eigenvalue weighted by Gasteiger charge is 2.26. The van der Waals surface area contributed by atoms with Gasteiger partial charge in [-0.15, -0.1) is 0 Å². The summed E-state index contributed by atoms with van der Waals surface area (Å²) in [4.78, 5) is 24.4. The molecule has 2 amide bonds. The van der Waals surface area contributed by atoms with E-state index in [1.165, 1.54) is 4.90 Å². The molecule has 0 saturated heterocycles. The number of fused-ring (bicyclic) bond motifs is 1. The van der Waals surface area contributed by atoms with E-state index in [0.29, 0.717) is 31.0 Å². The number of anilines is 1. The molecule has 108 valence electrons. The van der Waals surface area contributed by atoms with E-state index in [2.05, 4.69) is 5.32 Å². The van der Waals surface area contributed by atoms with Gasteiger partial charge in [0.15, 0.2) is 6.04 Å². The van der Waals surface area contributed by atoms with E-state index in [4.69, 9.17) is 14.9 Å². The van der Waals surface area contributed by atoms with Crippen LogP contribution < -0.4 is 15.0 Å². The molecule has 2 rings (SSSR count). The molecule has 1 heterocycles. The smallest absolute Gasteiger partial charge is 0.328 e. The first kappa shape index (κ1) is 14.1. The molecule has 7 heteroatoms. The summed E-state index contributed by atoms with van der Waals surface area (Å²) in [6, 6.07) is 5.17. The van der Waals surface area contributed by atoms with Crippen molar-refractivity contribution in [2.45, 2.75) is 12.5 Å². The van der Waals surface area contributed by atoms with Gasteiger partial charge in [0.1, 0.15) is 5.75 Å². The zero-order valence-electron chi connectivity index (χ0n) is 10.8. The van der Waals surface area contributed by atoms with Crippen LogP contribution in [0.15, 0.2) is 24.3 Å². The first-order valence-corrected chi connectivity index (χ1v) is 6.27. The van der Waals surface area contributed by atoms with Gasteiger partial charge in [-0.2, -0.15) is 0 Å². The number of hydrogen-bond donors (Lipinski definition) is 3. The molecule has 0 aliphatic carbocycles. The summed E-state index contributed by atoms with van der Waals surface area (Å²) in [5.74, 6) is -0.698. The van der Waals surface area contributed by atoms with Crippen LogP contribution in [0.5, 0.6) is 5.75 Å². The summed E-state index contributed by atoms with van der Waals surface area (Å²) in [6.07, 6.45) is 0.638. The molecule has 1 aliphatic rings. The Hall–Kier alpha value is -2.28. The Morgan fingerprint density at radius 3 is 2.85 bits per heavy atom. The van der Waals surface area contributed by atoms with Gasteiger partial charge in [0, 0.05) is 6.54 Å². The number of aliphatic carboxylic acids is 1. The molecule has 1 aliphatic heterocycles. The summed E-state index contributed by atoms with van der Waals surface area (Å²) in [5.41, 5.74) is 0.588. The maximum atomic E-state index is 12.2. The Morgan fingerprint density at radius 1 is 1.40 bits per heavy atom. The molecule has 1 atom stereocenters. The molecule has 0 spiro atoms. The average Bonchev–Trinajstić information content (AvgIpc) is 2.66. The number of carboxylic acids is 1. The fraction of sp³-hybridized carbons (Fsp3) is 0.385. The lowest BCUT2D eigenvalue weighted by atomic mass is 10.2. The number of benzene rings is 1. The number of aliphatic hydroxyl groups is 1. The number of para-hydroxylation sites is 2. The fourth-order valence-corrected chi connectivity index (χ4v) is 1.95. The van der Waals surface area contributed by atoms with Gasteiger partial charge in [-0.25, -0.2) is 9.59 Å². The minimum atomic E-state index is -1.32. The highest BCUT2D eigenvalue weighted by molar-refractivity contribution is 5.95. The van der Waals surface area contributed by atoms with Crippen LogP contribution in [0.4, 0.5) is 10.5 Å². The molecule has 0 bridgehead atoms. The van der Waals surface area contributed by atoms with Gasteiger partial charge in [-0.05, 0) is 18.6 Å². The van der Waals surface area contributed by atoms with Crippen molar-refractivity contribution in [2.75, 3.05) is 24.7 Å². The number of nitrogens with zero attached hydrogens (tertiary/aromatic N) is 1. The predicted octanol–water partition coefficient (Wildman–Crippen LogP) is 0.431. The third kappa shape index (κ3) is 3.00. The first-order chi connectivity index (χ1) is 9.63. The van der Waals surface area contributed by atoms with Crippen LogP contribution in [-0.4, -0.2) is 48.0 Å². The van der Waals surface area contributed by atoms with Gasteiger partial charge in [-0.1, -0.05) is 12.1 Å². The van der Waals surface area contributed by atoms with Gasteiger partial charge < -0.3 is 20.3 Å². The van der Waals surface area contributed by atoms with Crippen LogP contribution in [0, 0.1) is 0 Å². The molecule has 3 N–H and O–H groups in total. The highest BCUT2D eigenvalue weighted by atomic mass is 16.5. The van der Waals surface area contributed by atoms with Crippen molar-refractivity contribution in [1.29, 1.82) is 0 Å². The molecule has 0 saturated carbocycles. The van der Waals surface area contributed by atoms with Gasteiger partial charge in [0.25, 0.3) is 0 Å². The van der Waals surface area contributed by atoms with Crippen LogP contribution >= 0.6 is 0 Å². The molecule has 0 aromatic heterocycles. The van der Waals surface area contributed by atoms with E-state index < -0.39 is 24.6 Å². The van der Waals surface area contributed by atoms with Gasteiger partial charge in [-0.3, -0.25) is 4.90 Å². The topological polar surface area (TPSA) is 99.1 Å². The third-order valence-corrected chi connectivity index (χ3v) is 2.96. The normalized spacial score (nSPS) is 15.6. The lowest BCUT2D eigenvalue weighted by Gasteiger charge is -2.23. The summed E-state index contributed by atoms with van der Waals surface area (Å²) >= 11 is 0. The second kappa shape index (κ2) is 6.25. The number of amides is 2. The number of aliphatic hydroxyl groups excluding tert-OH is 1. The molecule has 0 radical (unpaired) electrons. The Balaban J connectivity index is 2.19. The van der Waals surface area contributed by atoms with Crippen LogP contribution in [-0.2, 0) is 4.79 Å². The van der Waals surface area contributed by atoms with Crippen LogP contribution in [0.1, 0.15) is 6.42 Å². The van der Waals surface area contributed by atoms with E-state index in [1.54, 1.807) is 24.3 Å². The minimum absolute atomic E-state index is 0.417. The van der Waals surface area contributed by atoms with Crippen molar-refractivity contribution in [2.24, 2.45) is 0 Å². The second-order valence-corrected chi connectivity index (χ2v) is 4.34. The number of hydrogen-bond acceptors (Lipinski definition) is 4. The van der Waals surface area contributed by atoms with E-state index in [-0.39, 0.29) is 0 Å². The van der Waals surface area contributed by atoms with E-state index in [9.17, 15) is 9.59 Å². The molecule has 1 aromatic carbocycles. The molecule has 0 unspecified atom stereocenters. The summed E-state index contributed by atoms with van der Waals surface area (Å²) in [6.45, 7) is 0.247. The number of carboxylic acid groups (broad SMARTS) is 1. The number of nitrogens with one attached hydrogen (secondary N) is 1. The van der Waals surface area contributed by atoms with Crippen LogP contribution in [0.25, 0.3) is 0 Å². The van der Waals surface area contributed by atoms with Crippen molar-refractivity contribution < 1.29 is 24.5 Å². The Labute approximate surface area is 115 Å². The van der Waals surface area contributed by atoms with E-state index in [1.807, 2.05) is 0 Å².